The van der Waals surface area contributed by atoms with E-state index in [2.05, 4.69) is 0 Å². The number of aliphatic imine (C=N–C) groups is 1. The number of fused-ring (bicyclic) bond motifs is 1. The Bertz CT molecular complexity index is 933. The SMILES string of the molecule is O=C(O)COc1ccc(Cl)cc1[C@H]1C2=C(CCCC2=O)N=C2CCCC(=O)C21. The summed E-state index contributed by atoms with van der Waals surface area (Å²) in [4.78, 5) is 41.4. The summed E-state index contributed by atoms with van der Waals surface area (Å²) in [6.07, 6.45) is 3.81. The number of aliphatic carboxylic acids is 1. The Hall–Kier alpha value is -2.47. The highest BCUT2D eigenvalue weighted by atomic mass is 35.5. The first-order chi connectivity index (χ1) is 13.5. The van der Waals surface area contributed by atoms with E-state index in [-0.39, 0.29) is 11.6 Å². The lowest BCUT2D eigenvalue weighted by Gasteiger charge is -2.38. The quantitative estimate of drug-likeness (QED) is 0.829. The third-order valence-electron chi connectivity index (χ3n) is 5.57. The third-order valence-corrected chi connectivity index (χ3v) is 5.81. The molecule has 1 unspecified atom stereocenters. The Kier molecular flexibility index (Phi) is 5.06. The molecule has 6 nitrogen and oxygen atoms in total. The van der Waals surface area contributed by atoms with Crippen LogP contribution in [0.5, 0.6) is 5.75 Å². The predicted octanol–water partition coefficient (Wildman–Crippen LogP) is 3.72. The predicted molar refractivity (Wildman–Crippen MR) is 103 cm³/mol. The van der Waals surface area contributed by atoms with Crippen molar-refractivity contribution in [3.63, 3.8) is 0 Å². The molecule has 28 heavy (non-hydrogen) atoms. The first kappa shape index (κ1) is 18.9. The van der Waals surface area contributed by atoms with Crippen LogP contribution >= 0.6 is 11.6 Å². The fourth-order valence-corrected chi connectivity index (χ4v) is 4.65. The van der Waals surface area contributed by atoms with E-state index in [1.807, 2.05) is 0 Å². The first-order valence-electron chi connectivity index (χ1n) is 9.46. The number of hydrogen-bond acceptors (Lipinski definition) is 5. The number of rotatable bonds is 4. The van der Waals surface area contributed by atoms with Crippen LogP contribution in [0, 0.1) is 5.92 Å². The molecule has 1 N–H and O–H groups in total. The van der Waals surface area contributed by atoms with Gasteiger partial charge in [0, 0.05) is 46.3 Å². The second kappa shape index (κ2) is 7.51. The maximum absolute atomic E-state index is 12.9. The van der Waals surface area contributed by atoms with Crippen molar-refractivity contribution in [1.82, 2.24) is 0 Å². The fourth-order valence-electron chi connectivity index (χ4n) is 4.47. The van der Waals surface area contributed by atoms with Gasteiger partial charge in [0.25, 0.3) is 0 Å². The maximum Gasteiger partial charge on any atom is 0.341 e. The molecular weight excluding hydrogens is 382 g/mol. The van der Waals surface area contributed by atoms with E-state index in [1.54, 1.807) is 18.2 Å². The van der Waals surface area contributed by atoms with Crippen LogP contribution in [-0.2, 0) is 14.4 Å². The van der Waals surface area contributed by atoms with Gasteiger partial charge in [0.05, 0.1) is 5.92 Å². The third kappa shape index (κ3) is 3.37. The Morgan fingerprint density at radius 2 is 1.93 bits per heavy atom. The molecule has 1 fully saturated rings. The summed E-state index contributed by atoms with van der Waals surface area (Å²) in [5, 5.41) is 9.44. The van der Waals surface area contributed by atoms with Gasteiger partial charge in [-0.15, -0.1) is 0 Å². The second-order valence-electron chi connectivity index (χ2n) is 7.38. The molecule has 4 rings (SSSR count). The number of Topliss-reactive ketones (excluding diaryl/α,β-unsaturated/α-hetero) is 2. The van der Waals surface area contributed by atoms with Crippen molar-refractivity contribution < 1.29 is 24.2 Å². The van der Waals surface area contributed by atoms with E-state index < -0.39 is 24.4 Å². The Balaban J connectivity index is 1.88. The number of nitrogens with zero attached hydrogens (tertiary/aromatic N) is 1. The zero-order chi connectivity index (χ0) is 19.8. The van der Waals surface area contributed by atoms with Crippen molar-refractivity contribution in [3.8, 4) is 5.75 Å². The Labute approximate surface area is 167 Å². The minimum atomic E-state index is -1.10. The molecule has 1 aromatic rings. The number of hydrogen-bond donors (Lipinski definition) is 1. The van der Waals surface area contributed by atoms with Crippen LogP contribution < -0.4 is 4.74 Å². The van der Waals surface area contributed by atoms with E-state index in [0.29, 0.717) is 41.2 Å². The van der Waals surface area contributed by atoms with Gasteiger partial charge in [-0.3, -0.25) is 14.6 Å². The summed E-state index contributed by atoms with van der Waals surface area (Å²) in [6.45, 7) is -0.513. The summed E-state index contributed by atoms with van der Waals surface area (Å²) >= 11 is 6.23. The van der Waals surface area contributed by atoms with Gasteiger partial charge in [-0.25, -0.2) is 4.79 Å². The summed E-state index contributed by atoms with van der Waals surface area (Å²) < 4.78 is 5.49. The molecule has 1 aliphatic heterocycles. The molecule has 0 radical (unpaired) electrons. The average Bonchev–Trinajstić information content (AvgIpc) is 2.66. The molecule has 3 aliphatic rings. The molecule has 0 aromatic heterocycles. The Morgan fingerprint density at radius 3 is 2.71 bits per heavy atom. The number of carboxylic acids is 1. The monoisotopic (exact) mass is 401 g/mol. The highest BCUT2D eigenvalue weighted by Crippen LogP contribution is 2.48. The van der Waals surface area contributed by atoms with Gasteiger partial charge in [-0.2, -0.15) is 0 Å². The highest BCUT2D eigenvalue weighted by molar-refractivity contribution is 6.30. The number of carbonyl (C=O) groups excluding carboxylic acids is 2. The normalized spacial score (nSPS) is 24.4. The van der Waals surface area contributed by atoms with Gasteiger partial charge < -0.3 is 9.84 Å². The fraction of sp³-hybridized carbons (Fsp3) is 0.429. The van der Waals surface area contributed by atoms with Crippen LogP contribution in [0.4, 0.5) is 0 Å². The van der Waals surface area contributed by atoms with Crippen LogP contribution in [0.1, 0.15) is 50.0 Å². The van der Waals surface area contributed by atoms with E-state index in [0.717, 1.165) is 30.7 Å². The molecule has 2 aliphatic carbocycles. The van der Waals surface area contributed by atoms with Gasteiger partial charge in [-0.05, 0) is 43.9 Å². The molecule has 0 spiro atoms. The molecule has 1 heterocycles. The largest absolute Gasteiger partial charge is 0.482 e. The smallest absolute Gasteiger partial charge is 0.341 e. The number of carbonyl (C=O) groups is 3. The van der Waals surface area contributed by atoms with Crippen molar-refractivity contribution in [2.24, 2.45) is 10.9 Å². The van der Waals surface area contributed by atoms with Crippen LogP contribution in [0.3, 0.4) is 0 Å². The molecule has 7 heteroatoms. The minimum absolute atomic E-state index is 0.00316. The van der Waals surface area contributed by atoms with Crippen molar-refractivity contribution in [3.05, 3.63) is 40.1 Å². The van der Waals surface area contributed by atoms with E-state index in [4.69, 9.17) is 26.4 Å². The molecule has 1 aromatic carbocycles. The second-order valence-corrected chi connectivity index (χ2v) is 7.82. The summed E-state index contributed by atoms with van der Waals surface area (Å²) in [5.74, 6) is -1.75. The van der Waals surface area contributed by atoms with Crippen LogP contribution in [-0.4, -0.2) is 35.0 Å². The molecule has 0 bridgehead atoms. The number of carboxylic acid groups (broad SMARTS) is 1. The van der Waals surface area contributed by atoms with Crippen molar-refractivity contribution >= 4 is 34.8 Å². The summed E-state index contributed by atoms with van der Waals surface area (Å²) in [5.41, 5.74) is 2.73. The van der Waals surface area contributed by atoms with Gasteiger partial charge in [0.2, 0.25) is 0 Å². The number of halogens is 1. The molecule has 0 saturated heterocycles. The number of benzene rings is 1. The number of allylic oxidation sites excluding steroid dienone is 2. The first-order valence-corrected chi connectivity index (χ1v) is 9.84. The Morgan fingerprint density at radius 1 is 1.14 bits per heavy atom. The zero-order valence-electron chi connectivity index (χ0n) is 15.2. The molecular formula is C21H20ClNO5. The van der Waals surface area contributed by atoms with E-state index >= 15 is 0 Å². The summed E-state index contributed by atoms with van der Waals surface area (Å²) in [6, 6.07) is 4.90. The summed E-state index contributed by atoms with van der Waals surface area (Å²) in [7, 11) is 0. The molecule has 2 atom stereocenters. The van der Waals surface area contributed by atoms with Gasteiger partial charge in [0.15, 0.2) is 12.4 Å². The molecule has 0 amide bonds. The maximum atomic E-state index is 12.9. The lowest BCUT2D eigenvalue weighted by atomic mass is 9.67. The van der Waals surface area contributed by atoms with Gasteiger partial charge in [0.1, 0.15) is 11.5 Å². The minimum Gasteiger partial charge on any atom is -0.482 e. The number of ether oxygens (including phenoxy) is 1. The van der Waals surface area contributed by atoms with Gasteiger partial charge in [-0.1, -0.05) is 11.6 Å². The van der Waals surface area contributed by atoms with Gasteiger partial charge >= 0.3 is 5.97 Å². The molecule has 1 saturated carbocycles. The van der Waals surface area contributed by atoms with Crippen molar-refractivity contribution in [2.45, 2.75) is 44.4 Å². The zero-order valence-corrected chi connectivity index (χ0v) is 16.0. The van der Waals surface area contributed by atoms with Crippen LogP contribution in [0.15, 0.2) is 34.5 Å². The lowest BCUT2D eigenvalue weighted by molar-refractivity contribution is -0.139. The van der Waals surface area contributed by atoms with Crippen molar-refractivity contribution in [1.29, 1.82) is 0 Å². The topological polar surface area (TPSA) is 93.0 Å². The van der Waals surface area contributed by atoms with Crippen molar-refractivity contribution in [2.75, 3.05) is 6.61 Å². The van der Waals surface area contributed by atoms with E-state index in [9.17, 15) is 14.4 Å². The number of ketones is 2. The lowest BCUT2D eigenvalue weighted by Crippen LogP contribution is -2.39. The van der Waals surface area contributed by atoms with Crippen LogP contribution in [0.25, 0.3) is 0 Å². The van der Waals surface area contributed by atoms with Crippen LogP contribution in [0.2, 0.25) is 5.02 Å². The standard InChI is InChI=1S/C21H20ClNO5/c22-11-7-8-17(28-10-18(26)27)12(9-11)19-20-13(3-1-5-15(20)24)23-14-4-2-6-16(25)21(14)19/h7-9,19-20H,1-6,10H2,(H,26,27)/t19-,20?/m1/s1. The molecule has 146 valence electrons. The van der Waals surface area contributed by atoms with E-state index in [1.165, 1.54) is 0 Å². The average molecular weight is 402 g/mol. The highest BCUT2D eigenvalue weighted by Gasteiger charge is 2.45.